The van der Waals surface area contributed by atoms with Crippen LogP contribution >= 0.6 is 12.6 Å². The molecule has 4 nitrogen and oxygen atoms in total. The first-order valence-electron chi connectivity index (χ1n) is 5.01. The van der Waals surface area contributed by atoms with Gasteiger partial charge in [0, 0.05) is 5.56 Å². The van der Waals surface area contributed by atoms with Gasteiger partial charge in [0.2, 0.25) is 5.82 Å². The number of thiol groups is 1. The molecule has 0 aliphatic rings. The van der Waals surface area contributed by atoms with Crippen molar-refractivity contribution in [3.63, 3.8) is 0 Å². The molecule has 1 aromatic carbocycles. The van der Waals surface area contributed by atoms with E-state index in [0.29, 0.717) is 5.82 Å². The monoisotopic (exact) mass is 232 g/mol. The molecule has 0 aliphatic heterocycles. The van der Waals surface area contributed by atoms with E-state index in [9.17, 15) is 0 Å². The predicted molar refractivity (Wildman–Crippen MR) is 67.1 cm³/mol. The van der Waals surface area contributed by atoms with E-state index in [-0.39, 0.29) is 0 Å². The van der Waals surface area contributed by atoms with E-state index >= 15 is 0 Å². The lowest BCUT2D eigenvalue weighted by Gasteiger charge is -1.96. The number of nitrogens with one attached hydrogen (secondary N) is 1. The van der Waals surface area contributed by atoms with E-state index < -0.39 is 0 Å². The largest absolute Gasteiger partial charge is 0.204 e. The maximum atomic E-state index is 4.15. The highest BCUT2D eigenvalue weighted by molar-refractivity contribution is 7.80. The normalized spacial score (nSPS) is 11.1. The van der Waals surface area contributed by atoms with Crippen molar-refractivity contribution in [2.45, 2.75) is 6.42 Å². The van der Waals surface area contributed by atoms with Gasteiger partial charge >= 0.3 is 0 Å². The van der Waals surface area contributed by atoms with E-state index in [0.717, 1.165) is 23.3 Å². The Kier molecular flexibility index (Phi) is 3.71. The molecule has 1 aromatic heterocycles. The zero-order valence-corrected chi connectivity index (χ0v) is 9.56. The molecule has 1 N–H and O–H groups in total. The van der Waals surface area contributed by atoms with Gasteiger partial charge in [-0.25, -0.2) is 0 Å². The minimum atomic E-state index is 0.617. The lowest BCUT2D eigenvalue weighted by Crippen LogP contribution is -1.81. The maximum absolute atomic E-state index is 4.15. The highest BCUT2D eigenvalue weighted by atomic mass is 32.1. The number of rotatable bonds is 4. The Balaban J connectivity index is 2.11. The molecular formula is C11H12N4S. The van der Waals surface area contributed by atoms with Crippen LogP contribution in [0, 0.1) is 0 Å². The van der Waals surface area contributed by atoms with Gasteiger partial charge in [-0.3, -0.25) is 0 Å². The van der Waals surface area contributed by atoms with Crippen LogP contribution in [0.2, 0.25) is 0 Å². The third-order valence-corrected chi connectivity index (χ3v) is 2.38. The van der Waals surface area contributed by atoms with Crippen molar-refractivity contribution in [2.24, 2.45) is 0 Å². The van der Waals surface area contributed by atoms with Crippen molar-refractivity contribution < 1.29 is 0 Å². The van der Waals surface area contributed by atoms with Crippen LogP contribution in [0.5, 0.6) is 0 Å². The average molecular weight is 232 g/mol. The van der Waals surface area contributed by atoms with Crippen LogP contribution in [0.25, 0.3) is 17.5 Å². The number of tetrazole rings is 1. The van der Waals surface area contributed by atoms with Gasteiger partial charge in [-0.1, -0.05) is 36.4 Å². The summed E-state index contributed by atoms with van der Waals surface area (Å²) in [6, 6.07) is 8.01. The first kappa shape index (κ1) is 10.9. The van der Waals surface area contributed by atoms with Gasteiger partial charge in [-0.2, -0.15) is 17.8 Å². The molecule has 0 saturated carbocycles. The SMILES string of the molecule is SCCC=Cc1ccc(-c2nn[nH]n2)cc1. The predicted octanol–water partition coefficient (Wildman–Crippen LogP) is 2.20. The second kappa shape index (κ2) is 5.46. The van der Waals surface area contributed by atoms with Crippen molar-refractivity contribution >= 4 is 18.7 Å². The van der Waals surface area contributed by atoms with E-state index in [1.807, 2.05) is 24.3 Å². The summed E-state index contributed by atoms with van der Waals surface area (Å²) in [7, 11) is 0. The molecule has 0 radical (unpaired) electrons. The number of benzene rings is 1. The quantitative estimate of drug-likeness (QED) is 0.795. The molecule has 0 spiro atoms. The van der Waals surface area contributed by atoms with Crippen LogP contribution in [0.15, 0.2) is 30.3 Å². The molecule has 2 aromatic rings. The Labute approximate surface area is 99.2 Å². The molecular weight excluding hydrogens is 220 g/mol. The summed E-state index contributed by atoms with van der Waals surface area (Å²) in [4.78, 5) is 0. The van der Waals surface area contributed by atoms with Crippen LogP contribution in [0.1, 0.15) is 12.0 Å². The first-order valence-corrected chi connectivity index (χ1v) is 5.64. The summed E-state index contributed by atoms with van der Waals surface area (Å²) in [5.74, 6) is 1.49. The summed E-state index contributed by atoms with van der Waals surface area (Å²) < 4.78 is 0. The van der Waals surface area contributed by atoms with Gasteiger partial charge in [0.15, 0.2) is 0 Å². The number of hydrogen-bond donors (Lipinski definition) is 2. The number of allylic oxidation sites excluding steroid dienone is 1. The minimum Gasteiger partial charge on any atom is -0.179 e. The Bertz CT molecular complexity index is 447. The molecule has 82 valence electrons. The molecule has 0 aliphatic carbocycles. The van der Waals surface area contributed by atoms with E-state index in [1.165, 1.54) is 0 Å². The Morgan fingerprint density at radius 2 is 2.06 bits per heavy atom. The van der Waals surface area contributed by atoms with E-state index in [2.05, 4.69) is 45.4 Å². The van der Waals surface area contributed by atoms with Crippen LogP contribution in [-0.2, 0) is 0 Å². The van der Waals surface area contributed by atoms with Gasteiger partial charge in [-0.05, 0) is 23.0 Å². The van der Waals surface area contributed by atoms with E-state index in [4.69, 9.17) is 0 Å². The third kappa shape index (κ3) is 2.70. The standard InChI is InChI=1S/C11H12N4S/c16-8-2-1-3-9-4-6-10(7-5-9)11-12-14-15-13-11/h1,3-7,16H,2,8H2,(H,12,13,14,15). The first-order chi connectivity index (χ1) is 7.90. The van der Waals surface area contributed by atoms with Gasteiger partial charge < -0.3 is 0 Å². The molecule has 0 amide bonds. The summed E-state index contributed by atoms with van der Waals surface area (Å²) in [5.41, 5.74) is 2.12. The second-order valence-corrected chi connectivity index (χ2v) is 3.72. The van der Waals surface area contributed by atoms with E-state index in [1.54, 1.807) is 0 Å². The van der Waals surface area contributed by atoms with Crippen LogP contribution in [0.3, 0.4) is 0 Å². The zero-order valence-electron chi connectivity index (χ0n) is 8.67. The Hall–Kier alpha value is -1.62. The summed E-state index contributed by atoms with van der Waals surface area (Å²) in [5, 5.41) is 13.8. The minimum absolute atomic E-state index is 0.617. The molecule has 0 atom stereocenters. The molecule has 0 saturated heterocycles. The van der Waals surface area contributed by atoms with Crippen molar-refractivity contribution in [1.82, 2.24) is 20.6 Å². The summed E-state index contributed by atoms with van der Waals surface area (Å²) in [6.45, 7) is 0. The molecule has 16 heavy (non-hydrogen) atoms. The van der Waals surface area contributed by atoms with Gasteiger partial charge in [-0.15, -0.1) is 10.2 Å². The highest BCUT2D eigenvalue weighted by Crippen LogP contribution is 2.14. The molecule has 0 unspecified atom stereocenters. The van der Waals surface area contributed by atoms with Crippen LogP contribution < -0.4 is 0 Å². The molecule has 5 heteroatoms. The topological polar surface area (TPSA) is 54.5 Å². The van der Waals surface area contributed by atoms with Crippen LogP contribution in [-0.4, -0.2) is 26.4 Å². The highest BCUT2D eigenvalue weighted by Gasteiger charge is 2.00. The maximum Gasteiger partial charge on any atom is 0.204 e. The molecule has 1 heterocycles. The molecule has 2 rings (SSSR count). The van der Waals surface area contributed by atoms with Crippen LogP contribution in [0.4, 0.5) is 0 Å². The zero-order chi connectivity index (χ0) is 11.2. The van der Waals surface area contributed by atoms with Crippen molar-refractivity contribution in [3.05, 3.63) is 35.9 Å². The number of nitrogens with zero attached hydrogens (tertiary/aromatic N) is 3. The summed E-state index contributed by atoms with van der Waals surface area (Å²) >= 11 is 4.15. The van der Waals surface area contributed by atoms with Gasteiger partial charge in [0.1, 0.15) is 0 Å². The third-order valence-electron chi connectivity index (χ3n) is 2.12. The fraction of sp³-hybridized carbons (Fsp3) is 0.182. The fourth-order valence-corrected chi connectivity index (χ4v) is 1.47. The fourth-order valence-electron chi connectivity index (χ4n) is 1.32. The Morgan fingerprint density at radius 3 is 2.69 bits per heavy atom. The van der Waals surface area contributed by atoms with Crippen molar-refractivity contribution in [3.8, 4) is 11.4 Å². The summed E-state index contributed by atoms with van der Waals surface area (Å²) in [6.07, 6.45) is 5.17. The molecule has 0 fully saturated rings. The second-order valence-electron chi connectivity index (χ2n) is 3.27. The average Bonchev–Trinajstić information content (AvgIpc) is 2.84. The molecule has 0 bridgehead atoms. The number of hydrogen-bond acceptors (Lipinski definition) is 4. The lowest BCUT2D eigenvalue weighted by atomic mass is 10.1. The van der Waals surface area contributed by atoms with Crippen molar-refractivity contribution in [2.75, 3.05) is 5.75 Å². The Morgan fingerprint density at radius 1 is 1.25 bits per heavy atom. The smallest absolute Gasteiger partial charge is 0.179 e. The number of H-pyrrole nitrogens is 1. The van der Waals surface area contributed by atoms with Gasteiger partial charge in [0.05, 0.1) is 0 Å². The van der Waals surface area contributed by atoms with Gasteiger partial charge in [0.25, 0.3) is 0 Å². The number of aromatic amines is 1. The number of aromatic nitrogens is 4. The lowest BCUT2D eigenvalue weighted by molar-refractivity contribution is 0.881. The van der Waals surface area contributed by atoms with Crippen molar-refractivity contribution in [1.29, 1.82) is 0 Å².